The van der Waals surface area contributed by atoms with Crippen molar-refractivity contribution < 1.29 is 4.79 Å². The lowest BCUT2D eigenvalue weighted by Crippen LogP contribution is -2.28. The molecule has 2 aromatic rings. The molecule has 19 heavy (non-hydrogen) atoms. The van der Waals surface area contributed by atoms with Gasteiger partial charge in [-0.05, 0) is 31.5 Å². The highest BCUT2D eigenvalue weighted by molar-refractivity contribution is 7.09. The van der Waals surface area contributed by atoms with Crippen molar-refractivity contribution in [3.05, 3.63) is 45.9 Å². The summed E-state index contributed by atoms with van der Waals surface area (Å²) in [5, 5.41) is 5.93. The lowest BCUT2D eigenvalue weighted by atomic mass is 10.1. The third-order valence-corrected chi connectivity index (χ3v) is 3.87. The van der Waals surface area contributed by atoms with Gasteiger partial charge in [-0.3, -0.25) is 4.79 Å². The fourth-order valence-corrected chi connectivity index (χ4v) is 2.72. The molecule has 0 bridgehead atoms. The molecule has 0 aliphatic heterocycles. The lowest BCUT2D eigenvalue weighted by molar-refractivity contribution is 0.0935. The molecule has 5 heteroatoms. The van der Waals surface area contributed by atoms with Crippen molar-refractivity contribution in [3.63, 3.8) is 0 Å². The van der Waals surface area contributed by atoms with Gasteiger partial charge in [0.1, 0.15) is 5.01 Å². The van der Waals surface area contributed by atoms with E-state index in [9.17, 15) is 4.79 Å². The van der Waals surface area contributed by atoms with Crippen molar-refractivity contribution in [3.8, 4) is 0 Å². The maximum atomic E-state index is 12.2. The van der Waals surface area contributed by atoms with Crippen LogP contribution in [0.15, 0.2) is 29.6 Å². The molecule has 0 saturated heterocycles. The van der Waals surface area contributed by atoms with Crippen LogP contribution in [0.5, 0.6) is 0 Å². The maximum Gasteiger partial charge on any atom is 0.251 e. The number of aryl methyl sites for hydroxylation is 1. The zero-order valence-electron chi connectivity index (χ0n) is 11.0. The summed E-state index contributed by atoms with van der Waals surface area (Å²) in [6.07, 6.45) is 0.807. The third kappa shape index (κ3) is 3.32. The molecule has 0 spiro atoms. The number of hydrogen-bond acceptors (Lipinski definition) is 4. The number of nitrogens with one attached hydrogen (secondary N) is 1. The molecule has 1 aromatic carbocycles. The van der Waals surface area contributed by atoms with Crippen LogP contribution >= 0.6 is 11.3 Å². The quantitative estimate of drug-likeness (QED) is 0.843. The van der Waals surface area contributed by atoms with Gasteiger partial charge < -0.3 is 11.1 Å². The summed E-state index contributed by atoms with van der Waals surface area (Å²) in [5.74, 6) is -0.119. The Hall–Kier alpha value is -1.88. The van der Waals surface area contributed by atoms with Crippen LogP contribution in [0.2, 0.25) is 0 Å². The van der Waals surface area contributed by atoms with Crippen LogP contribution < -0.4 is 11.1 Å². The van der Waals surface area contributed by atoms with E-state index in [2.05, 4.69) is 10.3 Å². The first-order chi connectivity index (χ1) is 9.10. The zero-order valence-corrected chi connectivity index (χ0v) is 11.8. The highest BCUT2D eigenvalue weighted by atomic mass is 32.1. The van der Waals surface area contributed by atoms with Crippen molar-refractivity contribution in [2.45, 2.75) is 26.3 Å². The van der Waals surface area contributed by atoms with Gasteiger partial charge in [0.2, 0.25) is 0 Å². The van der Waals surface area contributed by atoms with E-state index in [1.165, 1.54) is 0 Å². The second-order valence-electron chi connectivity index (χ2n) is 4.39. The third-order valence-electron chi connectivity index (χ3n) is 2.80. The SMILES string of the molecule is CCC(NC(=O)c1cccc(N)c1)c1nc(C)cs1. The predicted molar refractivity (Wildman–Crippen MR) is 78.2 cm³/mol. The number of amides is 1. The summed E-state index contributed by atoms with van der Waals surface area (Å²) >= 11 is 1.57. The van der Waals surface area contributed by atoms with Gasteiger partial charge in [0, 0.05) is 22.3 Å². The van der Waals surface area contributed by atoms with Gasteiger partial charge in [0.25, 0.3) is 5.91 Å². The van der Waals surface area contributed by atoms with Crippen LogP contribution in [-0.4, -0.2) is 10.9 Å². The van der Waals surface area contributed by atoms with Gasteiger partial charge in [-0.2, -0.15) is 0 Å². The molecule has 1 atom stereocenters. The van der Waals surface area contributed by atoms with E-state index >= 15 is 0 Å². The molecule has 0 saturated carbocycles. The molecule has 1 unspecified atom stereocenters. The van der Waals surface area contributed by atoms with E-state index in [1.807, 2.05) is 19.2 Å². The van der Waals surface area contributed by atoms with Gasteiger partial charge in [-0.25, -0.2) is 4.98 Å². The number of hydrogen-bond donors (Lipinski definition) is 2. The Kier molecular flexibility index (Phi) is 4.16. The minimum atomic E-state index is -0.119. The number of anilines is 1. The summed E-state index contributed by atoms with van der Waals surface area (Å²) in [6, 6.07) is 6.92. The molecule has 1 aromatic heterocycles. The Morgan fingerprint density at radius 2 is 2.32 bits per heavy atom. The molecule has 0 radical (unpaired) electrons. The van der Waals surface area contributed by atoms with E-state index in [1.54, 1.807) is 35.6 Å². The van der Waals surface area contributed by atoms with Crippen molar-refractivity contribution in [2.75, 3.05) is 5.73 Å². The summed E-state index contributed by atoms with van der Waals surface area (Å²) in [7, 11) is 0. The van der Waals surface area contributed by atoms with E-state index in [-0.39, 0.29) is 11.9 Å². The highest BCUT2D eigenvalue weighted by Crippen LogP contribution is 2.21. The van der Waals surface area contributed by atoms with Gasteiger partial charge in [-0.15, -0.1) is 11.3 Å². The van der Waals surface area contributed by atoms with E-state index < -0.39 is 0 Å². The molecule has 2 rings (SSSR count). The average molecular weight is 275 g/mol. The normalized spacial score (nSPS) is 12.1. The predicted octanol–water partition coefficient (Wildman–Crippen LogP) is 2.91. The maximum absolute atomic E-state index is 12.2. The molecule has 0 aliphatic rings. The van der Waals surface area contributed by atoms with E-state index in [0.717, 1.165) is 17.1 Å². The number of carbonyl (C=O) groups is 1. The Bertz CT molecular complexity index is 580. The van der Waals surface area contributed by atoms with Crippen LogP contribution in [0.25, 0.3) is 0 Å². The van der Waals surface area contributed by atoms with Crippen molar-refractivity contribution in [1.82, 2.24) is 10.3 Å². The van der Waals surface area contributed by atoms with Gasteiger partial charge >= 0.3 is 0 Å². The van der Waals surface area contributed by atoms with Crippen molar-refractivity contribution in [2.24, 2.45) is 0 Å². The molecule has 4 nitrogen and oxygen atoms in total. The van der Waals surface area contributed by atoms with Crippen molar-refractivity contribution in [1.29, 1.82) is 0 Å². The van der Waals surface area contributed by atoms with E-state index in [0.29, 0.717) is 11.3 Å². The molecule has 1 amide bonds. The number of nitrogens with zero attached hydrogens (tertiary/aromatic N) is 1. The number of aromatic nitrogens is 1. The number of nitrogen functional groups attached to an aromatic ring is 1. The summed E-state index contributed by atoms with van der Waals surface area (Å²) in [4.78, 5) is 16.6. The van der Waals surface area contributed by atoms with Gasteiger partial charge in [0.05, 0.1) is 6.04 Å². The first-order valence-corrected chi connectivity index (χ1v) is 7.06. The minimum Gasteiger partial charge on any atom is -0.399 e. The largest absolute Gasteiger partial charge is 0.399 e. The summed E-state index contributed by atoms with van der Waals surface area (Å²) in [5.41, 5.74) is 7.83. The highest BCUT2D eigenvalue weighted by Gasteiger charge is 2.16. The number of carbonyl (C=O) groups excluding carboxylic acids is 1. The fraction of sp³-hybridized carbons (Fsp3) is 0.286. The van der Waals surface area contributed by atoms with Crippen LogP contribution in [0.1, 0.15) is 40.4 Å². The van der Waals surface area contributed by atoms with Crippen LogP contribution in [-0.2, 0) is 0 Å². The molecule has 100 valence electrons. The monoisotopic (exact) mass is 275 g/mol. The summed E-state index contributed by atoms with van der Waals surface area (Å²) in [6.45, 7) is 3.98. The second-order valence-corrected chi connectivity index (χ2v) is 5.28. The average Bonchev–Trinajstić information content (AvgIpc) is 2.82. The standard InChI is InChI=1S/C14H17N3OS/c1-3-12(14-16-9(2)8-19-14)17-13(18)10-5-4-6-11(15)7-10/h4-8,12H,3,15H2,1-2H3,(H,17,18). The second kappa shape index (κ2) is 5.84. The Labute approximate surface area is 116 Å². The van der Waals surface area contributed by atoms with Crippen LogP contribution in [0, 0.1) is 6.92 Å². The molecule has 0 aliphatic carbocycles. The molecular formula is C14H17N3OS. The smallest absolute Gasteiger partial charge is 0.251 e. The number of benzene rings is 1. The Morgan fingerprint density at radius 3 is 2.89 bits per heavy atom. The Balaban J connectivity index is 2.12. The topological polar surface area (TPSA) is 68.0 Å². The number of thiazole rings is 1. The van der Waals surface area contributed by atoms with Crippen LogP contribution in [0.3, 0.4) is 0 Å². The first-order valence-electron chi connectivity index (χ1n) is 6.18. The Morgan fingerprint density at radius 1 is 1.53 bits per heavy atom. The minimum absolute atomic E-state index is 0.0485. The van der Waals surface area contributed by atoms with E-state index in [4.69, 9.17) is 5.73 Å². The van der Waals surface area contributed by atoms with Crippen LogP contribution in [0.4, 0.5) is 5.69 Å². The molecule has 0 fully saturated rings. The lowest BCUT2D eigenvalue weighted by Gasteiger charge is -2.14. The molecular weight excluding hydrogens is 258 g/mol. The van der Waals surface area contributed by atoms with Gasteiger partial charge in [0.15, 0.2) is 0 Å². The summed E-state index contributed by atoms with van der Waals surface area (Å²) < 4.78 is 0. The number of rotatable bonds is 4. The van der Waals surface area contributed by atoms with Crippen molar-refractivity contribution >= 4 is 22.9 Å². The molecule has 3 N–H and O–H groups in total. The van der Waals surface area contributed by atoms with Gasteiger partial charge in [-0.1, -0.05) is 13.0 Å². The number of nitrogens with two attached hydrogens (primary N) is 1. The zero-order chi connectivity index (χ0) is 13.8. The first kappa shape index (κ1) is 13.5. The fourth-order valence-electron chi connectivity index (χ4n) is 1.79. The molecule has 1 heterocycles.